The lowest BCUT2D eigenvalue weighted by molar-refractivity contribution is 0.464. The van der Waals surface area contributed by atoms with Crippen molar-refractivity contribution in [2.24, 2.45) is 0 Å². The van der Waals surface area contributed by atoms with Crippen LogP contribution in [0.3, 0.4) is 0 Å². The van der Waals surface area contributed by atoms with E-state index in [0.29, 0.717) is 6.42 Å². The smallest absolute Gasteiger partial charge is 0.134 e. The number of phenolic OH excluding ortho intramolecular Hbond substituents is 3. The molecule has 0 spiro atoms. The van der Waals surface area contributed by atoms with Crippen LogP contribution in [0, 0.1) is 0 Å². The highest BCUT2D eigenvalue weighted by molar-refractivity contribution is 6.32. The van der Waals surface area contributed by atoms with E-state index < -0.39 is 5.41 Å². The van der Waals surface area contributed by atoms with E-state index in [2.05, 4.69) is 6.92 Å². The van der Waals surface area contributed by atoms with Crippen molar-refractivity contribution in [3.8, 4) is 17.2 Å². The second-order valence-corrected chi connectivity index (χ2v) is 7.43. The van der Waals surface area contributed by atoms with Crippen LogP contribution >= 0.6 is 23.2 Å². The minimum Gasteiger partial charge on any atom is -0.508 e. The zero-order valence-electron chi connectivity index (χ0n) is 14.8. The maximum atomic E-state index is 9.84. The van der Waals surface area contributed by atoms with Crippen LogP contribution in [-0.2, 0) is 11.8 Å². The Bertz CT molecular complexity index is 901. The molecule has 3 nitrogen and oxygen atoms in total. The minimum atomic E-state index is -0.481. The van der Waals surface area contributed by atoms with Crippen molar-refractivity contribution in [1.29, 1.82) is 0 Å². The van der Waals surface area contributed by atoms with Gasteiger partial charge in [-0.3, -0.25) is 0 Å². The van der Waals surface area contributed by atoms with Crippen LogP contribution in [-0.4, -0.2) is 15.3 Å². The molecule has 0 radical (unpaired) electrons. The predicted molar refractivity (Wildman–Crippen MR) is 109 cm³/mol. The Kier molecular flexibility index (Phi) is 5.54. The molecule has 0 bridgehead atoms. The Morgan fingerprint density at radius 3 is 1.63 bits per heavy atom. The summed E-state index contributed by atoms with van der Waals surface area (Å²) in [5.74, 6) is 0.263. The molecule has 3 N–H and O–H groups in total. The Labute approximate surface area is 168 Å². The Balaban J connectivity index is 2.20. The van der Waals surface area contributed by atoms with E-state index in [1.165, 1.54) is 0 Å². The van der Waals surface area contributed by atoms with E-state index in [1.54, 1.807) is 36.4 Å². The molecule has 0 saturated heterocycles. The first kappa shape index (κ1) is 19.4. The summed E-state index contributed by atoms with van der Waals surface area (Å²) in [4.78, 5) is 0. The molecule has 3 rings (SSSR count). The van der Waals surface area contributed by atoms with Gasteiger partial charge >= 0.3 is 0 Å². The Hall–Kier alpha value is -2.36. The molecule has 0 amide bonds. The van der Waals surface area contributed by atoms with Crippen molar-refractivity contribution in [3.63, 3.8) is 0 Å². The van der Waals surface area contributed by atoms with E-state index in [1.807, 2.05) is 24.3 Å². The molecule has 0 atom stereocenters. The third kappa shape index (κ3) is 3.85. The highest BCUT2D eigenvalue weighted by atomic mass is 35.5. The lowest BCUT2D eigenvalue weighted by atomic mass is 9.68. The van der Waals surface area contributed by atoms with Crippen LogP contribution in [0.5, 0.6) is 17.2 Å². The minimum absolute atomic E-state index is 0.0267. The molecule has 0 aromatic heterocycles. The highest BCUT2D eigenvalue weighted by Crippen LogP contribution is 2.43. The summed E-state index contributed by atoms with van der Waals surface area (Å²) in [5, 5.41) is 29.8. The summed E-state index contributed by atoms with van der Waals surface area (Å²) >= 11 is 12.4. The molecule has 0 unspecified atom stereocenters. The van der Waals surface area contributed by atoms with Crippen LogP contribution in [0.2, 0.25) is 10.0 Å². The fourth-order valence-electron chi connectivity index (χ4n) is 3.48. The average molecular weight is 403 g/mol. The zero-order chi connectivity index (χ0) is 19.6. The molecule has 0 heterocycles. The first-order chi connectivity index (χ1) is 12.9. The molecular weight excluding hydrogens is 383 g/mol. The molecule has 0 aliphatic rings. The molecule has 27 heavy (non-hydrogen) atoms. The van der Waals surface area contributed by atoms with Gasteiger partial charge in [0.2, 0.25) is 0 Å². The molecule has 0 aliphatic carbocycles. The highest BCUT2D eigenvalue weighted by Gasteiger charge is 2.34. The largest absolute Gasteiger partial charge is 0.508 e. The van der Waals surface area contributed by atoms with Gasteiger partial charge in [0.25, 0.3) is 0 Å². The van der Waals surface area contributed by atoms with Crippen molar-refractivity contribution >= 4 is 23.2 Å². The average Bonchev–Trinajstić information content (AvgIpc) is 2.66. The quantitative estimate of drug-likeness (QED) is 0.486. The normalized spacial score (nSPS) is 11.5. The summed E-state index contributed by atoms with van der Waals surface area (Å²) in [7, 11) is 0. The Morgan fingerprint density at radius 1 is 0.741 bits per heavy atom. The van der Waals surface area contributed by atoms with Gasteiger partial charge < -0.3 is 15.3 Å². The van der Waals surface area contributed by atoms with Crippen molar-refractivity contribution in [1.82, 2.24) is 0 Å². The van der Waals surface area contributed by atoms with Gasteiger partial charge in [-0.15, -0.1) is 0 Å². The number of halogens is 2. The molecular formula is C22H20Cl2O3. The van der Waals surface area contributed by atoms with E-state index in [4.69, 9.17) is 23.2 Å². The number of phenols is 3. The number of hydrogen-bond donors (Lipinski definition) is 3. The van der Waals surface area contributed by atoms with Gasteiger partial charge in [0, 0.05) is 5.41 Å². The maximum Gasteiger partial charge on any atom is 0.134 e. The van der Waals surface area contributed by atoms with E-state index in [0.717, 1.165) is 23.1 Å². The van der Waals surface area contributed by atoms with Gasteiger partial charge in [-0.1, -0.05) is 54.4 Å². The summed E-state index contributed by atoms with van der Waals surface area (Å²) in [6, 6.07) is 17.5. The number of aromatic hydroxyl groups is 3. The molecule has 3 aromatic rings. The number of hydrogen-bond acceptors (Lipinski definition) is 3. The first-order valence-corrected chi connectivity index (χ1v) is 9.37. The number of rotatable bonds is 5. The monoisotopic (exact) mass is 402 g/mol. The van der Waals surface area contributed by atoms with Crippen molar-refractivity contribution in [2.75, 3.05) is 0 Å². The van der Waals surface area contributed by atoms with E-state index >= 15 is 0 Å². The topological polar surface area (TPSA) is 60.7 Å². The van der Waals surface area contributed by atoms with Gasteiger partial charge in [0.05, 0.1) is 10.0 Å². The molecule has 140 valence electrons. The van der Waals surface area contributed by atoms with Gasteiger partial charge in [-0.25, -0.2) is 0 Å². The van der Waals surface area contributed by atoms with Crippen LogP contribution in [0.4, 0.5) is 0 Å². The molecule has 5 heteroatoms. The van der Waals surface area contributed by atoms with Crippen molar-refractivity contribution in [3.05, 3.63) is 87.4 Å². The fourth-order valence-corrected chi connectivity index (χ4v) is 3.84. The second-order valence-electron chi connectivity index (χ2n) is 6.61. The van der Waals surface area contributed by atoms with Gasteiger partial charge in [0.15, 0.2) is 0 Å². The summed E-state index contributed by atoms with van der Waals surface area (Å²) in [6.07, 6.45) is 1.36. The molecule has 0 saturated carbocycles. The van der Waals surface area contributed by atoms with Gasteiger partial charge in [0.1, 0.15) is 17.2 Å². The molecule has 0 fully saturated rings. The lowest BCUT2D eigenvalue weighted by Gasteiger charge is -2.35. The zero-order valence-corrected chi connectivity index (χ0v) is 16.3. The first-order valence-electron chi connectivity index (χ1n) is 8.61. The number of benzene rings is 3. The van der Waals surface area contributed by atoms with Crippen LogP contribution in [0.25, 0.3) is 0 Å². The predicted octanol–water partition coefficient (Wildman–Crippen LogP) is 6.05. The summed E-state index contributed by atoms with van der Waals surface area (Å²) < 4.78 is 0. The lowest BCUT2D eigenvalue weighted by Crippen LogP contribution is -2.30. The van der Waals surface area contributed by atoms with Crippen molar-refractivity contribution in [2.45, 2.75) is 25.2 Å². The van der Waals surface area contributed by atoms with E-state index in [-0.39, 0.29) is 27.3 Å². The molecule has 3 aromatic carbocycles. The third-order valence-electron chi connectivity index (χ3n) is 5.05. The second kappa shape index (κ2) is 7.71. The summed E-state index contributed by atoms with van der Waals surface area (Å²) in [6.45, 7) is 2.07. The van der Waals surface area contributed by atoms with Crippen LogP contribution in [0.1, 0.15) is 30.0 Å². The van der Waals surface area contributed by atoms with Crippen molar-refractivity contribution < 1.29 is 15.3 Å². The standard InChI is InChI=1S/C22H20Cl2O3/c1-2-22(13-14-3-7-17(25)8-4-14,15-5-9-20(26)18(23)11-15)16-6-10-21(27)19(24)12-16/h3-12,25-27H,2,13H2,1H3. The third-order valence-corrected chi connectivity index (χ3v) is 5.65. The van der Waals surface area contributed by atoms with Gasteiger partial charge in [-0.05, 0) is 65.9 Å². The summed E-state index contributed by atoms with van der Waals surface area (Å²) in [5.41, 5.74) is 2.42. The van der Waals surface area contributed by atoms with Gasteiger partial charge in [-0.2, -0.15) is 0 Å². The SMILES string of the molecule is CCC(Cc1ccc(O)cc1)(c1ccc(O)c(Cl)c1)c1ccc(O)c(Cl)c1. The Morgan fingerprint density at radius 2 is 1.22 bits per heavy atom. The molecule has 0 aliphatic heterocycles. The fraction of sp³-hybridized carbons (Fsp3) is 0.182. The maximum absolute atomic E-state index is 9.84. The van der Waals surface area contributed by atoms with Crippen LogP contribution < -0.4 is 0 Å². The van der Waals surface area contributed by atoms with E-state index in [9.17, 15) is 15.3 Å². The van der Waals surface area contributed by atoms with Crippen LogP contribution in [0.15, 0.2) is 60.7 Å².